The Balaban J connectivity index is 1.97. The summed E-state index contributed by atoms with van der Waals surface area (Å²) in [6, 6.07) is 6.71. The molecule has 5 nitrogen and oxygen atoms in total. The SMILES string of the molecule is Cn1cccc1C(O)CCNS(=O)(=O)c1ccc(C(F)(F)F)cc1. The summed E-state index contributed by atoms with van der Waals surface area (Å²) in [6.45, 7) is -0.0459. The fraction of sp³-hybridized carbons (Fsp3) is 0.333. The molecule has 2 rings (SSSR count). The van der Waals surface area contributed by atoms with Gasteiger partial charge in [-0.3, -0.25) is 0 Å². The number of aryl methyl sites for hydroxylation is 1. The van der Waals surface area contributed by atoms with Crippen LogP contribution in [0.5, 0.6) is 0 Å². The number of aliphatic hydroxyl groups excluding tert-OH is 1. The van der Waals surface area contributed by atoms with Crippen LogP contribution < -0.4 is 4.72 Å². The van der Waals surface area contributed by atoms with Crippen molar-refractivity contribution in [1.82, 2.24) is 9.29 Å². The van der Waals surface area contributed by atoms with Crippen LogP contribution in [0.25, 0.3) is 0 Å². The van der Waals surface area contributed by atoms with Crippen LogP contribution in [0.3, 0.4) is 0 Å². The van der Waals surface area contributed by atoms with E-state index in [9.17, 15) is 26.7 Å². The molecule has 0 amide bonds. The highest BCUT2D eigenvalue weighted by molar-refractivity contribution is 7.89. The van der Waals surface area contributed by atoms with Crippen LogP contribution in [0.2, 0.25) is 0 Å². The van der Waals surface area contributed by atoms with Crippen LogP contribution in [0.4, 0.5) is 13.2 Å². The second-order valence-electron chi connectivity index (χ2n) is 5.27. The number of aliphatic hydroxyl groups is 1. The van der Waals surface area contributed by atoms with Crippen molar-refractivity contribution >= 4 is 10.0 Å². The molecular weight excluding hydrogens is 345 g/mol. The van der Waals surface area contributed by atoms with Gasteiger partial charge in [0, 0.05) is 25.5 Å². The molecule has 0 aliphatic carbocycles. The summed E-state index contributed by atoms with van der Waals surface area (Å²) in [4.78, 5) is -0.260. The van der Waals surface area contributed by atoms with Gasteiger partial charge in [-0.25, -0.2) is 13.1 Å². The number of nitrogens with zero attached hydrogens (tertiary/aromatic N) is 1. The lowest BCUT2D eigenvalue weighted by molar-refractivity contribution is -0.137. The van der Waals surface area contributed by atoms with E-state index in [4.69, 9.17) is 0 Å². The molecular formula is C15H17F3N2O3S. The van der Waals surface area contributed by atoms with E-state index in [0.29, 0.717) is 17.8 Å². The molecule has 0 saturated heterocycles. The number of hydrogen-bond acceptors (Lipinski definition) is 3. The standard InChI is InChI=1S/C15H17F3N2O3S/c1-20-10-2-3-13(20)14(21)8-9-19-24(22,23)12-6-4-11(5-7-12)15(16,17)18/h2-7,10,14,19,21H,8-9H2,1H3. The zero-order valence-electron chi connectivity index (χ0n) is 12.8. The van der Waals surface area contributed by atoms with Crippen molar-refractivity contribution < 1.29 is 26.7 Å². The Bertz CT molecular complexity index is 783. The number of sulfonamides is 1. The number of benzene rings is 1. The predicted octanol–water partition coefficient (Wildman–Crippen LogP) is 2.45. The molecule has 1 aromatic carbocycles. The Morgan fingerprint density at radius 2 is 1.83 bits per heavy atom. The third-order valence-electron chi connectivity index (χ3n) is 3.53. The number of alkyl halides is 3. The number of halogens is 3. The van der Waals surface area contributed by atoms with E-state index in [1.54, 1.807) is 29.9 Å². The third-order valence-corrected chi connectivity index (χ3v) is 5.00. The smallest absolute Gasteiger partial charge is 0.387 e. The van der Waals surface area contributed by atoms with Gasteiger partial charge in [0.15, 0.2) is 0 Å². The van der Waals surface area contributed by atoms with Crippen LogP contribution in [-0.4, -0.2) is 24.6 Å². The van der Waals surface area contributed by atoms with Crippen LogP contribution in [0, 0.1) is 0 Å². The highest BCUT2D eigenvalue weighted by Crippen LogP contribution is 2.29. The zero-order chi connectivity index (χ0) is 18.0. The van der Waals surface area contributed by atoms with Gasteiger partial charge >= 0.3 is 6.18 Å². The first-order chi connectivity index (χ1) is 11.1. The second kappa shape index (κ2) is 6.96. The molecule has 2 aromatic rings. The molecule has 1 atom stereocenters. The molecule has 9 heteroatoms. The molecule has 0 aliphatic heterocycles. The topological polar surface area (TPSA) is 71.3 Å². The zero-order valence-corrected chi connectivity index (χ0v) is 13.6. The molecule has 2 N–H and O–H groups in total. The second-order valence-corrected chi connectivity index (χ2v) is 7.04. The summed E-state index contributed by atoms with van der Waals surface area (Å²) < 4.78 is 65.5. The summed E-state index contributed by atoms with van der Waals surface area (Å²) in [5.74, 6) is 0. The molecule has 1 unspecified atom stereocenters. The molecule has 1 heterocycles. The minimum atomic E-state index is -4.52. The fourth-order valence-corrected chi connectivity index (χ4v) is 3.25. The van der Waals surface area contributed by atoms with Gasteiger partial charge in [-0.1, -0.05) is 0 Å². The van der Waals surface area contributed by atoms with Gasteiger partial charge in [-0.2, -0.15) is 13.2 Å². The normalized spacial score (nSPS) is 13.9. The summed E-state index contributed by atoms with van der Waals surface area (Å²) in [5, 5.41) is 10.0. The van der Waals surface area contributed by atoms with Crippen molar-refractivity contribution in [1.29, 1.82) is 0 Å². The largest absolute Gasteiger partial charge is 0.416 e. The molecule has 1 aromatic heterocycles. The maximum Gasteiger partial charge on any atom is 0.416 e. The third kappa shape index (κ3) is 4.37. The number of aromatic nitrogens is 1. The minimum Gasteiger partial charge on any atom is -0.387 e. The first-order valence-electron chi connectivity index (χ1n) is 7.07. The van der Waals surface area contributed by atoms with Crippen molar-refractivity contribution in [3.05, 3.63) is 53.9 Å². The van der Waals surface area contributed by atoms with E-state index in [2.05, 4.69) is 4.72 Å². The molecule has 0 fully saturated rings. The first-order valence-corrected chi connectivity index (χ1v) is 8.56. The fourth-order valence-electron chi connectivity index (χ4n) is 2.20. The molecule has 0 spiro atoms. The van der Waals surface area contributed by atoms with Gasteiger partial charge in [0.05, 0.1) is 16.6 Å². The molecule has 24 heavy (non-hydrogen) atoms. The Morgan fingerprint density at radius 1 is 1.21 bits per heavy atom. The lowest BCUT2D eigenvalue weighted by atomic mass is 10.2. The molecule has 0 aliphatic rings. The Morgan fingerprint density at radius 3 is 2.33 bits per heavy atom. The summed E-state index contributed by atoms with van der Waals surface area (Å²) in [5.41, 5.74) is -0.274. The van der Waals surface area contributed by atoms with Gasteiger partial charge in [0.1, 0.15) is 0 Å². The summed E-state index contributed by atoms with van der Waals surface area (Å²) >= 11 is 0. The lowest BCUT2D eigenvalue weighted by Crippen LogP contribution is -2.26. The monoisotopic (exact) mass is 362 g/mol. The average Bonchev–Trinajstić information content (AvgIpc) is 2.92. The Labute approximate surface area is 137 Å². The highest BCUT2D eigenvalue weighted by atomic mass is 32.2. The van der Waals surface area contributed by atoms with Crippen LogP contribution in [0.15, 0.2) is 47.5 Å². The maximum absolute atomic E-state index is 12.5. The summed E-state index contributed by atoms with van der Waals surface area (Å²) in [7, 11) is -2.18. The molecule has 0 radical (unpaired) electrons. The van der Waals surface area contributed by atoms with Crippen LogP contribution in [0.1, 0.15) is 23.8 Å². The van der Waals surface area contributed by atoms with Gasteiger partial charge in [-0.05, 0) is 42.8 Å². The van der Waals surface area contributed by atoms with Crippen LogP contribution >= 0.6 is 0 Å². The predicted molar refractivity (Wildman–Crippen MR) is 81.6 cm³/mol. The molecule has 0 bridgehead atoms. The van der Waals surface area contributed by atoms with E-state index in [-0.39, 0.29) is 17.9 Å². The van der Waals surface area contributed by atoms with Crippen molar-refractivity contribution in [2.45, 2.75) is 23.6 Å². The average molecular weight is 362 g/mol. The van der Waals surface area contributed by atoms with Crippen LogP contribution in [-0.2, 0) is 23.2 Å². The number of nitrogens with one attached hydrogen (secondary N) is 1. The maximum atomic E-state index is 12.5. The Hall–Kier alpha value is -1.84. The quantitative estimate of drug-likeness (QED) is 0.829. The minimum absolute atomic E-state index is 0.0459. The van der Waals surface area contributed by atoms with Gasteiger partial charge < -0.3 is 9.67 Å². The first kappa shape index (κ1) is 18.5. The van der Waals surface area contributed by atoms with E-state index in [1.807, 2.05) is 0 Å². The lowest BCUT2D eigenvalue weighted by Gasteiger charge is -2.13. The molecule has 0 saturated carbocycles. The van der Waals surface area contributed by atoms with E-state index < -0.39 is 27.9 Å². The number of hydrogen-bond donors (Lipinski definition) is 2. The van der Waals surface area contributed by atoms with Gasteiger partial charge in [-0.15, -0.1) is 0 Å². The van der Waals surface area contributed by atoms with Crippen molar-refractivity contribution in [3.63, 3.8) is 0 Å². The van der Waals surface area contributed by atoms with Crippen molar-refractivity contribution in [2.75, 3.05) is 6.54 Å². The summed E-state index contributed by atoms with van der Waals surface area (Å²) in [6.07, 6.45) is -3.47. The van der Waals surface area contributed by atoms with Gasteiger partial charge in [0.2, 0.25) is 10.0 Å². The van der Waals surface area contributed by atoms with E-state index >= 15 is 0 Å². The molecule has 132 valence electrons. The highest BCUT2D eigenvalue weighted by Gasteiger charge is 2.30. The number of rotatable bonds is 6. The van der Waals surface area contributed by atoms with Crippen molar-refractivity contribution in [2.24, 2.45) is 7.05 Å². The van der Waals surface area contributed by atoms with Crippen molar-refractivity contribution in [3.8, 4) is 0 Å². The Kier molecular flexibility index (Phi) is 5.36. The van der Waals surface area contributed by atoms with Gasteiger partial charge in [0.25, 0.3) is 0 Å². The van der Waals surface area contributed by atoms with E-state index in [1.165, 1.54) is 0 Å². The van der Waals surface area contributed by atoms with E-state index in [0.717, 1.165) is 12.1 Å².